The average molecular weight is 237 g/mol. The second-order valence-corrected chi connectivity index (χ2v) is 3.57. The molecule has 0 radical (unpaired) electrons. The standard InChI is InChI=1S/C11H9ClN2O2/c1-7-3-2-5-13-10(7)14-11(15)8-4-6-16-9(8)12/h2-6H,1H3,(H,13,14,15). The zero-order valence-corrected chi connectivity index (χ0v) is 9.28. The van der Waals surface area contributed by atoms with Gasteiger partial charge in [-0.05, 0) is 36.2 Å². The van der Waals surface area contributed by atoms with Gasteiger partial charge in [-0.25, -0.2) is 4.98 Å². The minimum Gasteiger partial charge on any atom is -0.452 e. The van der Waals surface area contributed by atoms with Crippen LogP contribution in [0.3, 0.4) is 0 Å². The Morgan fingerprint density at radius 2 is 2.31 bits per heavy atom. The molecule has 1 amide bonds. The molecule has 0 aliphatic rings. The molecule has 0 fully saturated rings. The summed E-state index contributed by atoms with van der Waals surface area (Å²) in [5.41, 5.74) is 1.18. The molecule has 0 atom stereocenters. The van der Waals surface area contributed by atoms with Crippen LogP contribution in [-0.4, -0.2) is 10.9 Å². The second-order valence-electron chi connectivity index (χ2n) is 3.23. The van der Waals surface area contributed by atoms with Crippen LogP contribution in [0.2, 0.25) is 5.22 Å². The van der Waals surface area contributed by atoms with E-state index in [2.05, 4.69) is 10.3 Å². The number of anilines is 1. The van der Waals surface area contributed by atoms with E-state index < -0.39 is 0 Å². The van der Waals surface area contributed by atoms with Crippen LogP contribution in [0.5, 0.6) is 0 Å². The minimum absolute atomic E-state index is 0.0751. The number of pyridine rings is 1. The lowest BCUT2D eigenvalue weighted by molar-refractivity contribution is 0.102. The molecule has 2 aromatic rings. The summed E-state index contributed by atoms with van der Waals surface area (Å²) in [6.45, 7) is 1.86. The van der Waals surface area contributed by atoms with Crippen molar-refractivity contribution < 1.29 is 9.21 Å². The quantitative estimate of drug-likeness (QED) is 0.872. The molecular weight excluding hydrogens is 228 g/mol. The number of furan rings is 1. The number of aryl methyl sites for hydroxylation is 1. The molecule has 0 saturated carbocycles. The number of nitrogens with zero attached hydrogens (tertiary/aromatic N) is 1. The SMILES string of the molecule is Cc1cccnc1NC(=O)c1ccoc1Cl. The first kappa shape index (κ1) is 10.7. The van der Waals surface area contributed by atoms with Crippen molar-refractivity contribution in [1.29, 1.82) is 0 Å². The number of amides is 1. The molecule has 82 valence electrons. The second kappa shape index (κ2) is 4.37. The smallest absolute Gasteiger partial charge is 0.261 e. The van der Waals surface area contributed by atoms with Gasteiger partial charge in [-0.3, -0.25) is 4.79 Å². The third-order valence-electron chi connectivity index (χ3n) is 2.10. The fraction of sp³-hybridized carbons (Fsp3) is 0.0909. The van der Waals surface area contributed by atoms with E-state index in [-0.39, 0.29) is 11.1 Å². The third-order valence-corrected chi connectivity index (χ3v) is 2.40. The molecule has 0 aliphatic carbocycles. The summed E-state index contributed by atoms with van der Waals surface area (Å²) in [5.74, 6) is 0.185. The molecule has 2 heterocycles. The number of halogens is 1. The summed E-state index contributed by atoms with van der Waals surface area (Å²) < 4.78 is 4.84. The molecule has 0 bridgehead atoms. The highest BCUT2D eigenvalue weighted by Crippen LogP contribution is 2.18. The molecule has 0 unspecified atom stereocenters. The summed E-state index contributed by atoms with van der Waals surface area (Å²) >= 11 is 5.69. The average Bonchev–Trinajstić information content (AvgIpc) is 2.68. The Morgan fingerprint density at radius 3 is 2.94 bits per heavy atom. The van der Waals surface area contributed by atoms with Gasteiger partial charge in [0.25, 0.3) is 5.91 Å². The van der Waals surface area contributed by atoms with Crippen LogP contribution in [0, 0.1) is 6.92 Å². The summed E-state index contributed by atoms with van der Waals surface area (Å²) in [6.07, 6.45) is 2.97. The summed E-state index contributed by atoms with van der Waals surface area (Å²) in [5, 5.41) is 2.73. The molecule has 2 aromatic heterocycles. The van der Waals surface area contributed by atoms with Crippen LogP contribution >= 0.6 is 11.6 Å². The topological polar surface area (TPSA) is 55.1 Å². The van der Waals surface area contributed by atoms with Crippen LogP contribution in [0.4, 0.5) is 5.82 Å². The zero-order valence-electron chi connectivity index (χ0n) is 8.53. The van der Waals surface area contributed by atoms with Crippen LogP contribution in [-0.2, 0) is 0 Å². The van der Waals surface area contributed by atoms with Crippen molar-refractivity contribution in [1.82, 2.24) is 4.98 Å². The number of hydrogen-bond donors (Lipinski definition) is 1. The van der Waals surface area contributed by atoms with Crippen molar-refractivity contribution in [2.24, 2.45) is 0 Å². The number of aromatic nitrogens is 1. The first-order valence-electron chi connectivity index (χ1n) is 4.64. The summed E-state index contributed by atoms with van der Waals surface area (Å²) in [4.78, 5) is 15.8. The van der Waals surface area contributed by atoms with Gasteiger partial charge in [0.05, 0.1) is 11.8 Å². The Kier molecular flexibility index (Phi) is 2.92. The minimum atomic E-state index is -0.333. The van der Waals surface area contributed by atoms with Crippen molar-refractivity contribution in [2.75, 3.05) is 5.32 Å². The third kappa shape index (κ3) is 2.06. The fourth-order valence-electron chi connectivity index (χ4n) is 1.25. The summed E-state index contributed by atoms with van der Waals surface area (Å²) in [7, 11) is 0. The van der Waals surface area contributed by atoms with Gasteiger partial charge in [0.2, 0.25) is 5.22 Å². The van der Waals surface area contributed by atoms with Gasteiger partial charge < -0.3 is 9.73 Å². The fourth-order valence-corrected chi connectivity index (χ4v) is 1.45. The number of nitrogens with one attached hydrogen (secondary N) is 1. The van der Waals surface area contributed by atoms with E-state index in [1.54, 1.807) is 12.3 Å². The van der Waals surface area contributed by atoms with Crippen LogP contribution in [0.15, 0.2) is 35.1 Å². The number of hydrogen-bond acceptors (Lipinski definition) is 3. The lowest BCUT2D eigenvalue weighted by atomic mass is 10.2. The van der Waals surface area contributed by atoms with E-state index in [0.29, 0.717) is 11.4 Å². The molecule has 1 N–H and O–H groups in total. The Morgan fingerprint density at radius 1 is 1.50 bits per heavy atom. The highest BCUT2D eigenvalue weighted by atomic mass is 35.5. The van der Waals surface area contributed by atoms with Gasteiger partial charge in [-0.2, -0.15) is 0 Å². The van der Waals surface area contributed by atoms with Gasteiger partial charge in [-0.15, -0.1) is 0 Å². The van der Waals surface area contributed by atoms with Gasteiger partial charge in [0.1, 0.15) is 5.82 Å². The normalized spacial score (nSPS) is 10.1. The van der Waals surface area contributed by atoms with E-state index in [1.165, 1.54) is 12.3 Å². The van der Waals surface area contributed by atoms with Crippen LogP contribution in [0.1, 0.15) is 15.9 Å². The maximum Gasteiger partial charge on any atom is 0.261 e. The Bertz CT molecular complexity index is 522. The predicted molar refractivity (Wildman–Crippen MR) is 60.6 cm³/mol. The highest BCUT2D eigenvalue weighted by Gasteiger charge is 2.14. The maximum atomic E-state index is 11.8. The molecule has 2 rings (SSSR count). The Balaban J connectivity index is 2.21. The molecule has 4 nitrogen and oxygen atoms in total. The molecule has 16 heavy (non-hydrogen) atoms. The number of carbonyl (C=O) groups is 1. The predicted octanol–water partition coefficient (Wildman–Crippen LogP) is 2.89. The molecule has 0 aromatic carbocycles. The monoisotopic (exact) mass is 236 g/mol. The Hall–Kier alpha value is -1.81. The van der Waals surface area contributed by atoms with E-state index in [1.807, 2.05) is 13.0 Å². The molecule has 0 spiro atoms. The van der Waals surface area contributed by atoms with Crippen molar-refractivity contribution in [2.45, 2.75) is 6.92 Å². The van der Waals surface area contributed by atoms with Gasteiger partial charge in [0, 0.05) is 6.20 Å². The first-order valence-corrected chi connectivity index (χ1v) is 5.02. The van der Waals surface area contributed by atoms with Crippen molar-refractivity contribution in [3.63, 3.8) is 0 Å². The van der Waals surface area contributed by atoms with Crippen molar-refractivity contribution in [3.05, 3.63) is 47.0 Å². The van der Waals surface area contributed by atoms with Gasteiger partial charge in [-0.1, -0.05) is 6.07 Å². The Labute approximate surface area is 97.2 Å². The van der Waals surface area contributed by atoms with Crippen molar-refractivity contribution >= 4 is 23.3 Å². The highest BCUT2D eigenvalue weighted by molar-refractivity contribution is 6.32. The van der Waals surface area contributed by atoms with Crippen LogP contribution < -0.4 is 5.32 Å². The lowest BCUT2D eigenvalue weighted by Crippen LogP contribution is -2.13. The maximum absolute atomic E-state index is 11.8. The summed E-state index contributed by atoms with van der Waals surface area (Å²) in [6, 6.07) is 5.17. The van der Waals surface area contributed by atoms with E-state index >= 15 is 0 Å². The zero-order chi connectivity index (χ0) is 11.5. The molecule has 0 aliphatic heterocycles. The lowest BCUT2D eigenvalue weighted by Gasteiger charge is -2.05. The van der Waals surface area contributed by atoms with E-state index in [4.69, 9.17) is 16.0 Å². The van der Waals surface area contributed by atoms with Gasteiger partial charge >= 0.3 is 0 Å². The molecule has 5 heteroatoms. The van der Waals surface area contributed by atoms with E-state index in [9.17, 15) is 4.79 Å². The molecule has 0 saturated heterocycles. The van der Waals surface area contributed by atoms with E-state index in [0.717, 1.165) is 5.56 Å². The largest absolute Gasteiger partial charge is 0.452 e. The van der Waals surface area contributed by atoms with Gasteiger partial charge in [0.15, 0.2) is 0 Å². The van der Waals surface area contributed by atoms with Crippen molar-refractivity contribution in [3.8, 4) is 0 Å². The number of rotatable bonds is 2. The molecular formula is C11H9ClN2O2. The van der Waals surface area contributed by atoms with Crippen LogP contribution in [0.25, 0.3) is 0 Å². The first-order chi connectivity index (χ1) is 7.68. The number of carbonyl (C=O) groups excluding carboxylic acids is 1.